The Morgan fingerprint density at radius 3 is 2.78 bits per heavy atom. The lowest BCUT2D eigenvalue weighted by Gasteiger charge is -2.13. The molecule has 7 heteroatoms. The Balaban J connectivity index is 3.19. The summed E-state index contributed by atoms with van der Waals surface area (Å²) in [5.41, 5.74) is -0.260. The van der Waals surface area contributed by atoms with E-state index in [1.54, 1.807) is 6.92 Å². The first-order valence-corrected chi connectivity index (χ1v) is 6.32. The van der Waals surface area contributed by atoms with E-state index in [1.165, 1.54) is 0 Å². The maximum Gasteiger partial charge on any atom is 0.310 e. The van der Waals surface area contributed by atoms with Crippen molar-refractivity contribution in [3.8, 4) is 5.75 Å². The summed E-state index contributed by atoms with van der Waals surface area (Å²) in [5, 5.41) is 9.62. The van der Waals surface area contributed by atoms with Crippen LogP contribution in [-0.2, 0) is 21.3 Å². The van der Waals surface area contributed by atoms with Crippen molar-refractivity contribution in [2.75, 3.05) is 6.61 Å². The van der Waals surface area contributed by atoms with Crippen molar-refractivity contribution >= 4 is 21.9 Å². The number of esters is 1. The van der Waals surface area contributed by atoms with E-state index in [0.717, 1.165) is 6.20 Å². The van der Waals surface area contributed by atoms with Crippen LogP contribution in [0.3, 0.4) is 0 Å². The zero-order valence-corrected chi connectivity index (χ0v) is 11.2. The number of carbonyl (C=O) groups excluding carboxylic acids is 1. The van der Waals surface area contributed by atoms with Crippen LogP contribution in [0.5, 0.6) is 5.75 Å². The zero-order valence-electron chi connectivity index (χ0n) is 9.62. The average molecular weight is 324 g/mol. The van der Waals surface area contributed by atoms with Gasteiger partial charge in [0.05, 0.1) is 30.5 Å². The predicted molar refractivity (Wildman–Crippen MR) is 63.8 cm³/mol. The monoisotopic (exact) mass is 323 g/mol. The molecule has 0 aliphatic carbocycles. The summed E-state index contributed by atoms with van der Waals surface area (Å²) >= 11 is 3.10. The summed E-state index contributed by atoms with van der Waals surface area (Å²) in [6.07, 6.45) is -2.27. The average Bonchev–Trinajstić information content (AvgIpc) is 2.29. The number of hydrogen-bond donors (Lipinski definition) is 1. The fourth-order valence-electron chi connectivity index (χ4n) is 1.51. The van der Waals surface area contributed by atoms with Gasteiger partial charge in [0.15, 0.2) is 0 Å². The molecule has 0 spiro atoms. The van der Waals surface area contributed by atoms with Crippen LogP contribution in [0.2, 0.25) is 0 Å². The van der Waals surface area contributed by atoms with Gasteiger partial charge in [0.2, 0.25) is 0 Å². The number of alkyl halides is 3. The molecule has 0 fully saturated rings. The lowest BCUT2D eigenvalue weighted by Crippen LogP contribution is -2.12. The molecule has 1 rings (SSSR count). The molecule has 0 atom stereocenters. The van der Waals surface area contributed by atoms with Crippen LogP contribution in [-0.4, -0.2) is 22.7 Å². The van der Waals surface area contributed by atoms with E-state index in [0.29, 0.717) is 0 Å². The third-order valence-electron chi connectivity index (χ3n) is 2.26. The van der Waals surface area contributed by atoms with Crippen LogP contribution in [0.1, 0.15) is 30.2 Å². The van der Waals surface area contributed by atoms with Crippen LogP contribution in [0, 0.1) is 0 Å². The second kappa shape index (κ2) is 6.63. The number of ether oxygens (including phenoxy) is 1. The fraction of sp³-hybridized carbons (Fsp3) is 0.455. The maximum absolute atomic E-state index is 12.9. The normalized spacial score (nSPS) is 10.7. The molecule has 1 N–H and O–H groups in total. The van der Waals surface area contributed by atoms with E-state index in [1.807, 2.05) is 0 Å². The van der Waals surface area contributed by atoms with Gasteiger partial charge in [-0.25, -0.2) is 8.78 Å². The van der Waals surface area contributed by atoms with Gasteiger partial charge in [-0.2, -0.15) is 0 Å². The van der Waals surface area contributed by atoms with Crippen LogP contribution in [0.4, 0.5) is 8.78 Å². The number of aromatic nitrogens is 1. The van der Waals surface area contributed by atoms with Gasteiger partial charge >= 0.3 is 5.97 Å². The topological polar surface area (TPSA) is 59.4 Å². The summed E-state index contributed by atoms with van der Waals surface area (Å²) in [6.45, 7) is 1.79. The van der Waals surface area contributed by atoms with E-state index >= 15 is 0 Å². The molecule has 0 bridgehead atoms. The molecule has 0 radical (unpaired) electrons. The van der Waals surface area contributed by atoms with Crippen molar-refractivity contribution in [2.45, 2.75) is 25.1 Å². The van der Waals surface area contributed by atoms with E-state index in [-0.39, 0.29) is 29.6 Å². The summed E-state index contributed by atoms with van der Waals surface area (Å²) in [6, 6.07) is 0. The number of halogens is 3. The minimum Gasteiger partial charge on any atom is -0.506 e. The lowest BCUT2D eigenvalue weighted by molar-refractivity contribution is -0.142. The number of rotatable bonds is 5. The first-order valence-electron chi connectivity index (χ1n) is 5.20. The molecule has 0 saturated heterocycles. The predicted octanol–water partition coefficient (Wildman–Crippen LogP) is 2.73. The van der Waals surface area contributed by atoms with Crippen molar-refractivity contribution in [1.29, 1.82) is 0 Å². The highest BCUT2D eigenvalue weighted by molar-refractivity contribution is 9.08. The SMILES string of the molecule is CCOC(=O)Cc1c(CBr)ncc(O)c1C(F)F. The summed E-state index contributed by atoms with van der Waals surface area (Å²) in [4.78, 5) is 15.2. The molecule has 1 aromatic heterocycles. The Labute approximate surface area is 111 Å². The number of pyridine rings is 1. The second-order valence-electron chi connectivity index (χ2n) is 3.40. The molecule has 0 saturated carbocycles. The molecule has 4 nitrogen and oxygen atoms in total. The van der Waals surface area contributed by atoms with E-state index in [4.69, 9.17) is 4.74 Å². The molecule has 0 aromatic carbocycles. The van der Waals surface area contributed by atoms with Crippen molar-refractivity contribution < 1.29 is 23.4 Å². The number of aromatic hydroxyl groups is 1. The highest BCUT2D eigenvalue weighted by Gasteiger charge is 2.23. The molecular formula is C11H12BrF2NO3. The molecule has 100 valence electrons. The Bertz CT molecular complexity index is 441. The summed E-state index contributed by atoms with van der Waals surface area (Å²) in [5.74, 6) is -1.25. The molecule has 1 heterocycles. The van der Waals surface area contributed by atoms with Crippen LogP contribution >= 0.6 is 15.9 Å². The first-order chi connectivity index (χ1) is 8.51. The van der Waals surface area contributed by atoms with Crippen molar-refractivity contribution in [3.05, 3.63) is 23.0 Å². The van der Waals surface area contributed by atoms with Gasteiger partial charge in [0, 0.05) is 5.33 Å². The Morgan fingerprint density at radius 2 is 2.28 bits per heavy atom. The Kier molecular flexibility index (Phi) is 5.46. The molecule has 0 aliphatic rings. The van der Waals surface area contributed by atoms with Gasteiger partial charge in [-0.05, 0) is 12.5 Å². The fourth-order valence-corrected chi connectivity index (χ4v) is 1.99. The molecule has 0 amide bonds. The quantitative estimate of drug-likeness (QED) is 0.668. The van der Waals surface area contributed by atoms with E-state index in [2.05, 4.69) is 20.9 Å². The van der Waals surface area contributed by atoms with Crippen LogP contribution < -0.4 is 0 Å². The van der Waals surface area contributed by atoms with Crippen LogP contribution in [0.25, 0.3) is 0 Å². The number of hydrogen-bond acceptors (Lipinski definition) is 4. The highest BCUT2D eigenvalue weighted by Crippen LogP contribution is 2.33. The first kappa shape index (κ1) is 14.8. The Hall–Kier alpha value is -1.24. The minimum absolute atomic E-state index is 0.0142. The van der Waals surface area contributed by atoms with Gasteiger partial charge in [-0.1, -0.05) is 15.9 Å². The van der Waals surface area contributed by atoms with Crippen LogP contribution in [0.15, 0.2) is 6.20 Å². The molecular weight excluding hydrogens is 312 g/mol. The molecule has 18 heavy (non-hydrogen) atoms. The van der Waals surface area contributed by atoms with E-state index < -0.39 is 23.7 Å². The zero-order chi connectivity index (χ0) is 13.7. The summed E-state index contributed by atoms with van der Waals surface area (Å²) < 4.78 is 30.5. The van der Waals surface area contributed by atoms with Gasteiger partial charge in [0.1, 0.15) is 5.75 Å². The molecule has 1 aromatic rings. The van der Waals surface area contributed by atoms with Gasteiger partial charge in [-0.15, -0.1) is 0 Å². The summed E-state index contributed by atoms with van der Waals surface area (Å²) in [7, 11) is 0. The maximum atomic E-state index is 12.9. The standard InChI is InChI=1S/C11H12BrF2NO3/c1-2-18-9(17)3-6-7(4-12)15-5-8(16)10(6)11(13)14/h5,11,16H,2-4H2,1H3. The van der Waals surface area contributed by atoms with Gasteiger partial charge in [0.25, 0.3) is 6.43 Å². The Morgan fingerprint density at radius 1 is 1.61 bits per heavy atom. The number of carbonyl (C=O) groups is 1. The third kappa shape index (κ3) is 3.38. The van der Waals surface area contributed by atoms with Crippen molar-refractivity contribution in [1.82, 2.24) is 4.98 Å². The van der Waals surface area contributed by atoms with Gasteiger partial charge in [-0.3, -0.25) is 9.78 Å². The molecule has 0 unspecified atom stereocenters. The highest BCUT2D eigenvalue weighted by atomic mass is 79.9. The van der Waals surface area contributed by atoms with Crippen molar-refractivity contribution in [2.24, 2.45) is 0 Å². The van der Waals surface area contributed by atoms with Crippen molar-refractivity contribution in [3.63, 3.8) is 0 Å². The number of nitrogens with zero attached hydrogens (tertiary/aromatic N) is 1. The van der Waals surface area contributed by atoms with E-state index in [9.17, 15) is 18.7 Å². The largest absolute Gasteiger partial charge is 0.506 e. The molecule has 0 aliphatic heterocycles. The second-order valence-corrected chi connectivity index (χ2v) is 3.96. The third-order valence-corrected chi connectivity index (χ3v) is 2.79. The lowest BCUT2D eigenvalue weighted by atomic mass is 10.0. The van der Waals surface area contributed by atoms with Gasteiger partial charge < -0.3 is 9.84 Å². The minimum atomic E-state index is -2.88. The smallest absolute Gasteiger partial charge is 0.310 e.